The molecule has 6 heteroatoms. The summed E-state index contributed by atoms with van der Waals surface area (Å²) in [6.45, 7) is 2.63. The van der Waals surface area contributed by atoms with Gasteiger partial charge in [-0.15, -0.1) is 0 Å². The van der Waals surface area contributed by atoms with Crippen LogP contribution in [0.4, 0.5) is 5.69 Å². The first-order valence-corrected chi connectivity index (χ1v) is 7.95. The highest BCUT2D eigenvalue weighted by Crippen LogP contribution is 2.28. The first-order valence-electron chi connectivity index (χ1n) is 7.95. The molecule has 0 aliphatic heterocycles. The largest absolute Gasteiger partial charge is 0.497 e. The molecule has 0 aliphatic rings. The van der Waals surface area contributed by atoms with Crippen LogP contribution in [0.2, 0.25) is 0 Å². The van der Waals surface area contributed by atoms with Gasteiger partial charge in [-0.3, -0.25) is 9.59 Å². The maximum atomic E-state index is 12.5. The monoisotopic (exact) mass is 342 g/mol. The summed E-state index contributed by atoms with van der Waals surface area (Å²) in [7, 11) is 3.02. The number of nitrogens with one attached hydrogen (secondary N) is 1. The lowest BCUT2D eigenvalue weighted by atomic mass is 10.2. The zero-order valence-electron chi connectivity index (χ0n) is 14.6. The minimum atomic E-state index is -0.718. The molecule has 0 radical (unpaired) electrons. The normalized spacial score (nSPS) is 10.0. The number of carbonyl (C=O) groups excluding carboxylic acids is 2. The van der Waals surface area contributed by atoms with E-state index in [0.717, 1.165) is 5.56 Å². The van der Waals surface area contributed by atoms with Crippen molar-refractivity contribution in [3.63, 3.8) is 0 Å². The van der Waals surface area contributed by atoms with Gasteiger partial charge in [0.25, 0.3) is 0 Å². The summed E-state index contributed by atoms with van der Waals surface area (Å²) in [6.07, 6.45) is 0. The summed E-state index contributed by atoms with van der Waals surface area (Å²) in [4.78, 5) is 26.3. The van der Waals surface area contributed by atoms with Gasteiger partial charge in [0.2, 0.25) is 0 Å². The van der Waals surface area contributed by atoms with Gasteiger partial charge in [-0.2, -0.15) is 0 Å². The van der Waals surface area contributed by atoms with Crippen LogP contribution in [0.5, 0.6) is 11.5 Å². The molecular weight excluding hydrogens is 320 g/mol. The van der Waals surface area contributed by atoms with Crippen molar-refractivity contribution in [1.82, 2.24) is 4.90 Å². The Balaban J connectivity index is 2.12. The predicted molar refractivity (Wildman–Crippen MR) is 95.7 cm³/mol. The van der Waals surface area contributed by atoms with Gasteiger partial charge < -0.3 is 19.7 Å². The van der Waals surface area contributed by atoms with E-state index in [1.54, 1.807) is 18.2 Å². The second-order valence-corrected chi connectivity index (χ2v) is 5.33. The van der Waals surface area contributed by atoms with Crippen molar-refractivity contribution in [2.45, 2.75) is 13.5 Å². The number of carbonyl (C=O) groups is 2. The second kappa shape index (κ2) is 8.73. The van der Waals surface area contributed by atoms with Crippen molar-refractivity contribution in [2.75, 3.05) is 26.1 Å². The van der Waals surface area contributed by atoms with Crippen LogP contribution >= 0.6 is 0 Å². The lowest BCUT2D eigenvalue weighted by Crippen LogP contribution is -2.39. The Morgan fingerprint density at radius 1 is 1.04 bits per heavy atom. The van der Waals surface area contributed by atoms with Crippen molar-refractivity contribution in [2.24, 2.45) is 0 Å². The number of rotatable bonds is 6. The van der Waals surface area contributed by atoms with E-state index in [9.17, 15) is 9.59 Å². The van der Waals surface area contributed by atoms with E-state index in [1.165, 1.54) is 19.1 Å². The molecule has 0 aliphatic carbocycles. The molecule has 0 bridgehead atoms. The fourth-order valence-electron chi connectivity index (χ4n) is 2.36. The zero-order chi connectivity index (χ0) is 18.2. The predicted octanol–water partition coefficient (Wildman–Crippen LogP) is 2.69. The number of nitrogens with zero attached hydrogens (tertiary/aromatic N) is 1. The molecule has 0 saturated carbocycles. The fourth-order valence-corrected chi connectivity index (χ4v) is 2.36. The number of methoxy groups -OCH3 is 2. The van der Waals surface area contributed by atoms with Crippen molar-refractivity contribution in [3.05, 3.63) is 54.1 Å². The van der Waals surface area contributed by atoms with Crippen LogP contribution in [0.1, 0.15) is 12.5 Å². The molecule has 0 unspecified atom stereocenters. The summed E-state index contributed by atoms with van der Waals surface area (Å²) in [5.41, 5.74) is 1.35. The van der Waals surface area contributed by atoms with Gasteiger partial charge in [0.05, 0.1) is 19.9 Å². The van der Waals surface area contributed by atoms with Gasteiger partial charge in [0.1, 0.15) is 11.5 Å². The quantitative estimate of drug-likeness (QED) is 0.820. The van der Waals surface area contributed by atoms with Gasteiger partial charge in [-0.25, -0.2) is 0 Å². The molecule has 2 aromatic rings. The van der Waals surface area contributed by atoms with Gasteiger partial charge in [-0.1, -0.05) is 30.3 Å². The van der Waals surface area contributed by atoms with E-state index < -0.39 is 11.8 Å². The fraction of sp³-hybridized carbons (Fsp3) is 0.263. The number of benzene rings is 2. The van der Waals surface area contributed by atoms with Gasteiger partial charge in [0, 0.05) is 19.2 Å². The number of ether oxygens (including phenoxy) is 2. The zero-order valence-corrected chi connectivity index (χ0v) is 14.6. The van der Waals surface area contributed by atoms with Crippen LogP contribution in [-0.4, -0.2) is 37.5 Å². The highest BCUT2D eigenvalue weighted by Gasteiger charge is 2.22. The number of likely N-dealkylation sites (N-methyl/N-ethyl adjacent to an activating group) is 1. The van der Waals surface area contributed by atoms with E-state index in [-0.39, 0.29) is 0 Å². The van der Waals surface area contributed by atoms with E-state index >= 15 is 0 Å². The molecule has 2 rings (SSSR count). The third-order valence-electron chi connectivity index (χ3n) is 3.73. The van der Waals surface area contributed by atoms with Crippen LogP contribution in [-0.2, 0) is 16.1 Å². The van der Waals surface area contributed by atoms with Crippen molar-refractivity contribution in [3.8, 4) is 11.5 Å². The Morgan fingerprint density at radius 3 is 2.36 bits per heavy atom. The topological polar surface area (TPSA) is 67.9 Å². The van der Waals surface area contributed by atoms with Crippen LogP contribution in [0.25, 0.3) is 0 Å². The summed E-state index contributed by atoms with van der Waals surface area (Å²) in [6, 6.07) is 14.5. The first kappa shape index (κ1) is 18.3. The Kier molecular flexibility index (Phi) is 6.39. The molecule has 2 amide bonds. The molecule has 0 fully saturated rings. The number of anilines is 1. The minimum absolute atomic E-state index is 0.374. The summed E-state index contributed by atoms with van der Waals surface area (Å²) < 4.78 is 10.4. The molecular formula is C19H22N2O4. The Bertz CT molecular complexity index is 731. The molecule has 1 N–H and O–H groups in total. The Morgan fingerprint density at radius 2 is 1.76 bits per heavy atom. The second-order valence-electron chi connectivity index (χ2n) is 5.33. The lowest BCUT2D eigenvalue weighted by molar-refractivity contribution is -0.143. The Hall–Kier alpha value is -3.02. The van der Waals surface area contributed by atoms with E-state index in [2.05, 4.69) is 5.32 Å². The average Bonchev–Trinajstić information content (AvgIpc) is 2.66. The van der Waals surface area contributed by atoms with Crippen LogP contribution in [0.15, 0.2) is 48.5 Å². The number of hydrogen-bond donors (Lipinski definition) is 1. The number of amides is 2. The number of hydrogen-bond acceptors (Lipinski definition) is 4. The summed E-state index contributed by atoms with van der Waals surface area (Å²) in [5, 5.41) is 2.60. The molecule has 2 aromatic carbocycles. The first-order chi connectivity index (χ1) is 12.1. The third-order valence-corrected chi connectivity index (χ3v) is 3.73. The molecule has 0 heterocycles. The standard InChI is InChI=1S/C19H22N2O4/c1-4-21(13-14-8-6-5-7-9-14)19(23)18(22)20-16-12-15(24-2)10-11-17(16)25-3/h5-12H,4,13H2,1-3H3,(H,20,22). The van der Waals surface area contributed by atoms with E-state index in [1.807, 2.05) is 37.3 Å². The van der Waals surface area contributed by atoms with Gasteiger partial charge in [0.15, 0.2) is 0 Å². The van der Waals surface area contributed by atoms with Crippen LogP contribution in [0.3, 0.4) is 0 Å². The van der Waals surface area contributed by atoms with Crippen LogP contribution in [0, 0.1) is 0 Å². The SMILES string of the molecule is CCN(Cc1ccccc1)C(=O)C(=O)Nc1cc(OC)ccc1OC. The van der Waals surface area contributed by atoms with Crippen molar-refractivity contribution >= 4 is 17.5 Å². The molecule has 0 aromatic heterocycles. The highest BCUT2D eigenvalue weighted by molar-refractivity contribution is 6.39. The molecule has 0 atom stereocenters. The molecule has 0 saturated heterocycles. The molecule has 6 nitrogen and oxygen atoms in total. The minimum Gasteiger partial charge on any atom is -0.497 e. The summed E-state index contributed by atoms with van der Waals surface area (Å²) in [5.74, 6) is -0.311. The van der Waals surface area contributed by atoms with E-state index in [4.69, 9.17) is 9.47 Å². The van der Waals surface area contributed by atoms with Crippen LogP contribution < -0.4 is 14.8 Å². The maximum absolute atomic E-state index is 12.5. The average molecular weight is 342 g/mol. The molecule has 0 spiro atoms. The van der Waals surface area contributed by atoms with Crippen molar-refractivity contribution in [1.29, 1.82) is 0 Å². The van der Waals surface area contributed by atoms with E-state index in [0.29, 0.717) is 30.3 Å². The molecule has 132 valence electrons. The smallest absolute Gasteiger partial charge is 0.314 e. The third kappa shape index (κ3) is 4.73. The van der Waals surface area contributed by atoms with Gasteiger partial charge in [-0.05, 0) is 24.6 Å². The molecule has 25 heavy (non-hydrogen) atoms. The highest BCUT2D eigenvalue weighted by atomic mass is 16.5. The van der Waals surface area contributed by atoms with Crippen molar-refractivity contribution < 1.29 is 19.1 Å². The maximum Gasteiger partial charge on any atom is 0.314 e. The van der Waals surface area contributed by atoms with Gasteiger partial charge >= 0.3 is 11.8 Å². The Labute approximate surface area is 147 Å². The lowest BCUT2D eigenvalue weighted by Gasteiger charge is -2.20. The summed E-state index contributed by atoms with van der Waals surface area (Å²) >= 11 is 0.